The van der Waals surface area contributed by atoms with Crippen LogP contribution in [-0.2, 0) is 14.2 Å². The van der Waals surface area contributed by atoms with Gasteiger partial charge in [-0.15, -0.1) is 0 Å². The predicted octanol–water partition coefficient (Wildman–Crippen LogP) is -3.37. The van der Waals surface area contributed by atoms with Crippen molar-refractivity contribution in [1.82, 2.24) is 10.2 Å². The number of carboxylic acid groups (broad SMARTS) is 2. The number of hydrogen-bond acceptors (Lipinski definition) is 6. The summed E-state index contributed by atoms with van der Waals surface area (Å²) in [6.07, 6.45) is 0.975. The van der Waals surface area contributed by atoms with Crippen LogP contribution in [0.4, 0.5) is 0 Å². The van der Waals surface area contributed by atoms with Crippen molar-refractivity contribution in [3.05, 3.63) is 0 Å². The minimum absolute atomic E-state index is 0.112. The van der Waals surface area contributed by atoms with Crippen LogP contribution in [0.3, 0.4) is 0 Å². The van der Waals surface area contributed by atoms with Crippen LogP contribution in [0.15, 0.2) is 0 Å². The van der Waals surface area contributed by atoms with E-state index in [9.17, 15) is 9.59 Å². The van der Waals surface area contributed by atoms with Crippen LogP contribution in [0.1, 0.15) is 12.8 Å². The summed E-state index contributed by atoms with van der Waals surface area (Å²) in [6, 6.07) is -0.821. The lowest BCUT2D eigenvalue weighted by Crippen LogP contribution is -2.36. The lowest BCUT2D eigenvalue weighted by atomic mass is 10.2. The largest absolute Gasteiger partial charge is 0.480 e. The molecule has 0 aromatic carbocycles. The highest BCUT2D eigenvalue weighted by atomic mass is 31.2. The standard InChI is InChI=1S/C6H14N4O2.C4H9N3O2.H3O4P/c7-4(5(11)12)2-1-3-10-6(8)9;1-7(4(5)6)2-3(8)9;1-5(2,3)4/h4H,1-3,7H2,(H,11,12)(H4,8,9,10);2H2,1H3,(H3,5,6)(H,8,9);(H3,1,2,3,4). The van der Waals surface area contributed by atoms with E-state index in [2.05, 4.69) is 5.32 Å². The Hall–Kier alpha value is -2.45. The second-order valence-corrected chi connectivity index (χ2v) is 5.60. The van der Waals surface area contributed by atoms with E-state index in [1.807, 2.05) is 0 Å². The lowest BCUT2D eigenvalue weighted by Gasteiger charge is -2.12. The van der Waals surface area contributed by atoms with Crippen LogP contribution >= 0.6 is 7.82 Å². The van der Waals surface area contributed by atoms with E-state index >= 15 is 0 Å². The molecule has 14 N–H and O–H groups in total. The minimum Gasteiger partial charge on any atom is -0.480 e. The van der Waals surface area contributed by atoms with E-state index in [1.165, 1.54) is 7.05 Å². The number of rotatable bonds is 7. The average molecular weight is 403 g/mol. The van der Waals surface area contributed by atoms with Gasteiger partial charge in [-0.25, -0.2) is 4.57 Å². The molecule has 15 nitrogen and oxygen atoms in total. The average Bonchev–Trinajstić information content (AvgIpc) is 2.41. The molecule has 0 spiro atoms. The number of likely N-dealkylation sites (N-methyl/N-ethyl adjacent to an activating group) is 1. The molecule has 154 valence electrons. The smallest absolute Gasteiger partial charge is 0.466 e. The van der Waals surface area contributed by atoms with Crippen molar-refractivity contribution in [1.29, 1.82) is 10.8 Å². The summed E-state index contributed by atoms with van der Waals surface area (Å²) >= 11 is 0. The molecule has 26 heavy (non-hydrogen) atoms. The number of hydrogen-bond donors (Lipinski definition) is 11. The normalized spacial score (nSPS) is 10.8. The van der Waals surface area contributed by atoms with Gasteiger partial charge in [-0.3, -0.25) is 20.4 Å². The molecule has 0 aromatic rings. The molecule has 0 aliphatic rings. The van der Waals surface area contributed by atoms with Crippen LogP contribution in [0.2, 0.25) is 0 Å². The second kappa shape index (κ2) is 14.9. The maximum Gasteiger partial charge on any atom is 0.466 e. The first-order valence-electron chi connectivity index (χ1n) is 6.69. The predicted molar refractivity (Wildman–Crippen MR) is 91.2 cm³/mol. The molecule has 0 rings (SSSR count). The molecule has 0 fully saturated rings. The van der Waals surface area contributed by atoms with Crippen molar-refractivity contribution in [3.63, 3.8) is 0 Å². The number of phosphoric acid groups is 1. The molecule has 0 bridgehead atoms. The van der Waals surface area contributed by atoms with Gasteiger partial charge in [0.25, 0.3) is 0 Å². The van der Waals surface area contributed by atoms with Gasteiger partial charge >= 0.3 is 19.8 Å². The van der Waals surface area contributed by atoms with E-state index in [4.69, 9.17) is 57.5 Å². The molecule has 16 heteroatoms. The maximum atomic E-state index is 10.2. The summed E-state index contributed by atoms with van der Waals surface area (Å²) in [5.41, 5.74) is 15.1. The minimum atomic E-state index is -4.64. The molecule has 0 amide bonds. The third-order valence-corrected chi connectivity index (χ3v) is 2.11. The highest BCUT2D eigenvalue weighted by molar-refractivity contribution is 7.45. The van der Waals surface area contributed by atoms with Crippen molar-refractivity contribution < 1.29 is 39.0 Å². The third kappa shape index (κ3) is 33.2. The van der Waals surface area contributed by atoms with Gasteiger partial charge in [-0.1, -0.05) is 0 Å². The molecule has 0 saturated heterocycles. The molecule has 0 heterocycles. The number of guanidine groups is 2. The van der Waals surface area contributed by atoms with Crippen LogP contribution in [0, 0.1) is 10.8 Å². The SMILES string of the molecule is CN(CC(=O)O)C(=N)N.N=C(N)NCCCC(N)C(=O)O.O=P(O)(O)O. The quantitative estimate of drug-likeness (QED) is 0.0856. The van der Waals surface area contributed by atoms with E-state index in [-0.39, 0.29) is 18.5 Å². The number of carbonyl (C=O) groups is 2. The second-order valence-electron chi connectivity index (χ2n) is 4.58. The number of aliphatic carboxylic acids is 2. The fourth-order valence-electron chi connectivity index (χ4n) is 0.957. The topological polar surface area (TPSA) is 293 Å². The van der Waals surface area contributed by atoms with Gasteiger partial charge < -0.3 is 52.3 Å². The van der Waals surface area contributed by atoms with E-state index < -0.39 is 25.8 Å². The number of nitrogens with two attached hydrogens (primary N) is 3. The molecular formula is C10H26N7O8P. The molecule has 1 unspecified atom stereocenters. The Morgan fingerprint density at radius 3 is 1.85 bits per heavy atom. The van der Waals surface area contributed by atoms with Crippen molar-refractivity contribution in [2.75, 3.05) is 20.1 Å². The van der Waals surface area contributed by atoms with E-state index in [1.54, 1.807) is 0 Å². The summed E-state index contributed by atoms with van der Waals surface area (Å²) in [7, 11) is -3.20. The van der Waals surface area contributed by atoms with Crippen LogP contribution in [0.25, 0.3) is 0 Å². The summed E-state index contributed by atoms with van der Waals surface area (Å²) in [6.45, 7) is 0.256. The highest BCUT2D eigenvalue weighted by Gasteiger charge is 2.09. The summed E-state index contributed by atoms with van der Waals surface area (Å²) in [4.78, 5) is 42.8. The fraction of sp³-hybridized carbons (Fsp3) is 0.600. The first-order chi connectivity index (χ1) is 11.6. The monoisotopic (exact) mass is 403 g/mol. The Bertz CT molecular complexity index is 503. The lowest BCUT2D eigenvalue weighted by molar-refractivity contribution is -0.139. The zero-order valence-corrected chi connectivity index (χ0v) is 14.9. The van der Waals surface area contributed by atoms with E-state index in [0.29, 0.717) is 19.4 Å². The molecule has 0 radical (unpaired) electrons. The maximum absolute atomic E-state index is 10.2. The Kier molecular flexibility index (Phi) is 16.2. The summed E-state index contributed by atoms with van der Waals surface area (Å²) < 4.78 is 8.88. The van der Waals surface area contributed by atoms with Gasteiger partial charge in [0.1, 0.15) is 12.6 Å². The third-order valence-electron chi connectivity index (χ3n) is 2.11. The zero-order chi connectivity index (χ0) is 21.5. The first kappa shape index (κ1) is 28.4. The van der Waals surface area contributed by atoms with Gasteiger partial charge in [0.2, 0.25) is 0 Å². The van der Waals surface area contributed by atoms with Gasteiger partial charge in [0.05, 0.1) is 0 Å². The Labute approximate surface area is 149 Å². The Morgan fingerprint density at radius 2 is 1.62 bits per heavy atom. The van der Waals surface area contributed by atoms with Crippen molar-refractivity contribution in [2.24, 2.45) is 17.2 Å². The summed E-state index contributed by atoms with van der Waals surface area (Å²) in [5, 5.41) is 32.6. The van der Waals surface area contributed by atoms with Crippen LogP contribution < -0.4 is 22.5 Å². The molecule has 1 atom stereocenters. The molecule has 0 aromatic heterocycles. The van der Waals surface area contributed by atoms with Crippen molar-refractivity contribution in [2.45, 2.75) is 18.9 Å². The molecule has 0 saturated carbocycles. The van der Waals surface area contributed by atoms with Gasteiger partial charge in [-0.2, -0.15) is 0 Å². The molecular weight excluding hydrogens is 377 g/mol. The van der Waals surface area contributed by atoms with Gasteiger partial charge in [0.15, 0.2) is 11.9 Å². The Balaban J connectivity index is -0.000000333. The highest BCUT2D eigenvalue weighted by Crippen LogP contribution is 2.25. The number of carboxylic acids is 2. The van der Waals surface area contributed by atoms with Crippen molar-refractivity contribution >= 4 is 31.7 Å². The molecule has 0 aliphatic heterocycles. The number of nitrogens with one attached hydrogen (secondary N) is 3. The van der Waals surface area contributed by atoms with Gasteiger partial charge in [-0.05, 0) is 12.8 Å². The van der Waals surface area contributed by atoms with Crippen LogP contribution in [0.5, 0.6) is 0 Å². The first-order valence-corrected chi connectivity index (χ1v) is 8.25. The van der Waals surface area contributed by atoms with Gasteiger partial charge in [0, 0.05) is 13.6 Å². The molecule has 0 aliphatic carbocycles. The Morgan fingerprint density at radius 1 is 1.19 bits per heavy atom. The van der Waals surface area contributed by atoms with E-state index in [0.717, 1.165) is 4.90 Å². The number of nitrogens with zero attached hydrogens (tertiary/aromatic N) is 1. The fourth-order valence-corrected chi connectivity index (χ4v) is 0.957. The van der Waals surface area contributed by atoms with Crippen molar-refractivity contribution in [3.8, 4) is 0 Å². The zero-order valence-electron chi connectivity index (χ0n) is 14.0. The van der Waals surface area contributed by atoms with Crippen LogP contribution in [-0.4, -0.2) is 79.8 Å². The summed E-state index contributed by atoms with van der Waals surface area (Å²) in [5.74, 6) is -2.35.